The third-order valence-electron chi connectivity index (χ3n) is 3.96. The molecule has 4 heteroatoms. The van der Waals surface area contributed by atoms with E-state index in [0.29, 0.717) is 10.6 Å². The molecule has 1 aromatic carbocycles. The highest BCUT2D eigenvalue weighted by molar-refractivity contribution is 6.34. The summed E-state index contributed by atoms with van der Waals surface area (Å²) in [5.41, 5.74) is 7.31. The van der Waals surface area contributed by atoms with Crippen molar-refractivity contribution in [2.45, 2.75) is 25.7 Å². The molecule has 0 amide bonds. The molecule has 0 radical (unpaired) electrons. The number of nitrogens with one attached hydrogen (secondary N) is 1. The summed E-state index contributed by atoms with van der Waals surface area (Å²) in [6.45, 7) is 2.29. The molecule has 2 aliphatic rings. The molecule has 0 spiro atoms. The SMILES string of the molecule is N=C(N)c1ccc(N(CC2CC2)CC2CC2)cc1Cl. The van der Waals surface area contributed by atoms with Crippen LogP contribution in [0.2, 0.25) is 5.02 Å². The Morgan fingerprint density at radius 1 is 1.21 bits per heavy atom. The van der Waals surface area contributed by atoms with Crippen molar-refractivity contribution in [3.63, 3.8) is 0 Å². The molecule has 0 bridgehead atoms. The average molecular weight is 278 g/mol. The van der Waals surface area contributed by atoms with E-state index in [0.717, 1.165) is 24.9 Å². The first-order valence-corrected chi connectivity index (χ1v) is 7.40. The largest absolute Gasteiger partial charge is 0.384 e. The highest BCUT2D eigenvalue weighted by Crippen LogP contribution is 2.36. The Balaban J connectivity index is 1.79. The second-order valence-corrected chi connectivity index (χ2v) is 6.28. The second-order valence-electron chi connectivity index (χ2n) is 5.87. The molecular formula is C15H20ClN3. The minimum atomic E-state index is 0.0347. The van der Waals surface area contributed by atoms with Gasteiger partial charge in [-0.1, -0.05) is 11.6 Å². The quantitative estimate of drug-likeness (QED) is 0.619. The standard InChI is InChI=1S/C15H20ClN3/c16-14-7-12(5-6-13(14)15(17)18)19(8-10-1-2-10)9-11-3-4-11/h5-7,10-11H,1-4,8-9H2,(H3,17,18). The maximum absolute atomic E-state index is 7.48. The Morgan fingerprint density at radius 3 is 2.21 bits per heavy atom. The Labute approximate surface area is 119 Å². The lowest BCUT2D eigenvalue weighted by Gasteiger charge is -2.25. The number of nitrogens with zero attached hydrogens (tertiary/aromatic N) is 1. The van der Waals surface area contributed by atoms with Crippen LogP contribution in [0.4, 0.5) is 5.69 Å². The van der Waals surface area contributed by atoms with Crippen LogP contribution in [-0.2, 0) is 0 Å². The molecule has 0 heterocycles. The van der Waals surface area contributed by atoms with Gasteiger partial charge in [-0.05, 0) is 55.7 Å². The van der Waals surface area contributed by atoms with Gasteiger partial charge in [0.2, 0.25) is 0 Å². The van der Waals surface area contributed by atoms with Crippen molar-refractivity contribution in [3.05, 3.63) is 28.8 Å². The average Bonchev–Trinajstić information content (AvgIpc) is 3.22. The predicted molar refractivity (Wildman–Crippen MR) is 80.1 cm³/mol. The molecule has 0 saturated heterocycles. The maximum Gasteiger partial charge on any atom is 0.124 e. The third-order valence-corrected chi connectivity index (χ3v) is 4.27. The first-order valence-electron chi connectivity index (χ1n) is 7.02. The van der Waals surface area contributed by atoms with Crippen LogP contribution in [0.25, 0.3) is 0 Å². The van der Waals surface area contributed by atoms with E-state index in [9.17, 15) is 0 Å². The Morgan fingerprint density at radius 2 is 1.79 bits per heavy atom. The summed E-state index contributed by atoms with van der Waals surface area (Å²) in [6.07, 6.45) is 5.45. The van der Waals surface area contributed by atoms with Crippen molar-refractivity contribution in [3.8, 4) is 0 Å². The summed E-state index contributed by atoms with van der Waals surface area (Å²) in [6, 6.07) is 5.88. The second kappa shape index (κ2) is 5.04. The molecule has 19 heavy (non-hydrogen) atoms. The Bertz CT molecular complexity index is 478. The summed E-state index contributed by atoms with van der Waals surface area (Å²) in [4.78, 5) is 2.46. The fourth-order valence-corrected chi connectivity index (χ4v) is 2.71. The van der Waals surface area contributed by atoms with Crippen molar-refractivity contribution in [1.29, 1.82) is 5.41 Å². The van der Waals surface area contributed by atoms with Gasteiger partial charge in [0.15, 0.2) is 0 Å². The van der Waals surface area contributed by atoms with Gasteiger partial charge >= 0.3 is 0 Å². The zero-order valence-corrected chi connectivity index (χ0v) is 11.8. The van der Waals surface area contributed by atoms with E-state index in [-0.39, 0.29) is 5.84 Å². The van der Waals surface area contributed by atoms with Crippen LogP contribution in [0.1, 0.15) is 31.2 Å². The third kappa shape index (κ3) is 3.21. The maximum atomic E-state index is 7.48. The highest BCUT2D eigenvalue weighted by atomic mass is 35.5. The fourth-order valence-electron chi connectivity index (χ4n) is 2.43. The molecule has 3 rings (SSSR count). The van der Waals surface area contributed by atoms with Gasteiger partial charge in [-0.3, -0.25) is 5.41 Å². The minimum absolute atomic E-state index is 0.0347. The summed E-state index contributed by atoms with van der Waals surface area (Å²) >= 11 is 6.23. The van der Waals surface area contributed by atoms with E-state index in [1.807, 2.05) is 18.2 Å². The van der Waals surface area contributed by atoms with Crippen molar-refractivity contribution >= 4 is 23.1 Å². The first-order chi connectivity index (χ1) is 9.13. The molecular weight excluding hydrogens is 258 g/mol. The molecule has 1 aromatic rings. The molecule has 3 N–H and O–H groups in total. The van der Waals surface area contributed by atoms with Crippen LogP contribution >= 0.6 is 11.6 Å². The lowest BCUT2D eigenvalue weighted by molar-refractivity contribution is 0.679. The number of nitrogen functional groups attached to an aromatic ring is 1. The first kappa shape index (κ1) is 12.8. The van der Waals surface area contributed by atoms with Gasteiger partial charge in [-0.25, -0.2) is 0 Å². The van der Waals surface area contributed by atoms with Crippen molar-refractivity contribution in [2.24, 2.45) is 17.6 Å². The van der Waals surface area contributed by atoms with E-state index in [4.69, 9.17) is 22.7 Å². The van der Waals surface area contributed by atoms with Gasteiger partial charge in [0, 0.05) is 24.3 Å². The van der Waals surface area contributed by atoms with E-state index in [1.165, 1.54) is 31.4 Å². The van der Waals surface area contributed by atoms with E-state index < -0.39 is 0 Å². The Kier molecular flexibility index (Phi) is 3.40. The number of rotatable bonds is 6. The molecule has 0 atom stereocenters. The smallest absolute Gasteiger partial charge is 0.124 e. The Hall–Kier alpha value is -1.22. The van der Waals surface area contributed by atoms with Gasteiger partial charge in [0.1, 0.15) is 5.84 Å². The van der Waals surface area contributed by atoms with Crippen LogP contribution in [0.5, 0.6) is 0 Å². The monoisotopic (exact) mass is 277 g/mol. The molecule has 2 fully saturated rings. The summed E-state index contributed by atoms with van der Waals surface area (Å²) < 4.78 is 0. The van der Waals surface area contributed by atoms with E-state index >= 15 is 0 Å². The van der Waals surface area contributed by atoms with Crippen molar-refractivity contribution < 1.29 is 0 Å². The molecule has 0 aromatic heterocycles. The van der Waals surface area contributed by atoms with Crippen LogP contribution in [0.15, 0.2) is 18.2 Å². The van der Waals surface area contributed by atoms with E-state index in [1.54, 1.807) is 0 Å². The molecule has 0 aliphatic heterocycles. The summed E-state index contributed by atoms with van der Waals surface area (Å²) in [5.74, 6) is 1.77. The lowest BCUT2D eigenvalue weighted by Crippen LogP contribution is -2.28. The van der Waals surface area contributed by atoms with Gasteiger partial charge in [0.25, 0.3) is 0 Å². The van der Waals surface area contributed by atoms with Gasteiger partial charge in [0.05, 0.1) is 5.02 Å². The predicted octanol–water partition coefficient (Wildman–Crippen LogP) is 3.25. The molecule has 0 unspecified atom stereocenters. The van der Waals surface area contributed by atoms with Crippen LogP contribution < -0.4 is 10.6 Å². The number of amidine groups is 1. The number of nitrogens with two attached hydrogens (primary N) is 1. The summed E-state index contributed by atoms with van der Waals surface area (Å²) in [7, 11) is 0. The lowest BCUT2D eigenvalue weighted by atomic mass is 10.1. The molecule has 102 valence electrons. The fraction of sp³-hybridized carbons (Fsp3) is 0.533. The highest BCUT2D eigenvalue weighted by Gasteiger charge is 2.29. The number of hydrogen-bond acceptors (Lipinski definition) is 2. The number of benzene rings is 1. The topological polar surface area (TPSA) is 53.1 Å². The minimum Gasteiger partial charge on any atom is -0.384 e. The van der Waals surface area contributed by atoms with Gasteiger partial charge < -0.3 is 10.6 Å². The van der Waals surface area contributed by atoms with Gasteiger partial charge in [-0.2, -0.15) is 0 Å². The summed E-state index contributed by atoms with van der Waals surface area (Å²) in [5, 5.41) is 8.06. The van der Waals surface area contributed by atoms with Crippen molar-refractivity contribution in [1.82, 2.24) is 0 Å². The number of hydrogen-bond donors (Lipinski definition) is 2. The molecule has 3 nitrogen and oxygen atoms in total. The number of halogens is 1. The van der Waals surface area contributed by atoms with E-state index in [2.05, 4.69) is 4.90 Å². The number of anilines is 1. The zero-order chi connectivity index (χ0) is 13.4. The van der Waals surface area contributed by atoms with Crippen molar-refractivity contribution in [2.75, 3.05) is 18.0 Å². The molecule has 2 saturated carbocycles. The van der Waals surface area contributed by atoms with Crippen LogP contribution in [0, 0.1) is 17.2 Å². The van der Waals surface area contributed by atoms with Crippen LogP contribution in [-0.4, -0.2) is 18.9 Å². The zero-order valence-electron chi connectivity index (χ0n) is 11.0. The normalized spacial score (nSPS) is 18.4. The molecule has 2 aliphatic carbocycles. The van der Waals surface area contributed by atoms with Crippen LogP contribution in [0.3, 0.4) is 0 Å². The van der Waals surface area contributed by atoms with Gasteiger partial charge in [-0.15, -0.1) is 0 Å².